The first-order chi connectivity index (χ1) is 5.25. The van der Waals surface area contributed by atoms with Gasteiger partial charge in [-0.2, -0.15) is 0 Å². The Morgan fingerprint density at radius 1 is 1.82 bits per heavy atom. The molecule has 0 aromatic carbocycles. The van der Waals surface area contributed by atoms with Gasteiger partial charge in [-0.1, -0.05) is 0 Å². The van der Waals surface area contributed by atoms with Crippen LogP contribution in [-0.2, 0) is 11.8 Å². The van der Waals surface area contributed by atoms with E-state index in [4.69, 9.17) is 4.74 Å². The molecule has 0 saturated carbocycles. The van der Waals surface area contributed by atoms with E-state index in [2.05, 4.69) is 4.98 Å². The van der Waals surface area contributed by atoms with Gasteiger partial charge in [0, 0.05) is 26.6 Å². The molecule has 4 nitrogen and oxygen atoms in total. The summed E-state index contributed by atoms with van der Waals surface area (Å²) < 4.78 is 6.55. The molecule has 1 heterocycles. The molecule has 0 aliphatic heterocycles. The molecular formula is C7H12N2O2. The van der Waals surface area contributed by atoms with Crippen molar-refractivity contribution in [2.24, 2.45) is 7.05 Å². The fraction of sp³-hybridized carbons (Fsp3) is 0.571. The molecule has 1 rings (SSSR count). The van der Waals surface area contributed by atoms with E-state index in [0.29, 0.717) is 5.82 Å². The molecule has 1 aromatic rings. The van der Waals surface area contributed by atoms with Crippen LogP contribution in [0.5, 0.6) is 0 Å². The van der Waals surface area contributed by atoms with Crippen LogP contribution in [0.3, 0.4) is 0 Å². The third-order valence-corrected chi connectivity index (χ3v) is 1.48. The Balaban J connectivity index is 2.67. The standard InChI is InChI=1S/C7H12N2O2/c1-9-4-3-8-7(9)6(10)5-11-2/h3-4,6,10H,5H2,1-2H3. The quantitative estimate of drug-likeness (QED) is 0.675. The summed E-state index contributed by atoms with van der Waals surface area (Å²) in [4.78, 5) is 3.97. The molecule has 11 heavy (non-hydrogen) atoms. The maximum Gasteiger partial charge on any atom is 0.139 e. The monoisotopic (exact) mass is 156 g/mol. The average molecular weight is 156 g/mol. The van der Waals surface area contributed by atoms with Crippen LogP contribution >= 0.6 is 0 Å². The van der Waals surface area contributed by atoms with Crippen molar-refractivity contribution in [1.82, 2.24) is 9.55 Å². The third-order valence-electron chi connectivity index (χ3n) is 1.48. The molecule has 0 spiro atoms. The molecule has 1 N–H and O–H groups in total. The summed E-state index contributed by atoms with van der Waals surface area (Å²) in [5.41, 5.74) is 0. The van der Waals surface area contributed by atoms with Crippen LogP contribution in [0.15, 0.2) is 12.4 Å². The highest BCUT2D eigenvalue weighted by Crippen LogP contribution is 2.08. The summed E-state index contributed by atoms with van der Waals surface area (Å²) in [6.07, 6.45) is 2.81. The van der Waals surface area contributed by atoms with Crippen LogP contribution < -0.4 is 0 Å². The lowest BCUT2D eigenvalue weighted by atomic mass is 10.3. The summed E-state index contributed by atoms with van der Waals surface area (Å²) in [7, 11) is 3.38. The van der Waals surface area contributed by atoms with Gasteiger partial charge in [-0.25, -0.2) is 4.98 Å². The van der Waals surface area contributed by atoms with Crippen LogP contribution in [0.1, 0.15) is 11.9 Å². The van der Waals surface area contributed by atoms with Crippen LogP contribution in [0, 0.1) is 0 Å². The second-order valence-corrected chi connectivity index (χ2v) is 2.37. The zero-order valence-corrected chi connectivity index (χ0v) is 6.69. The van der Waals surface area contributed by atoms with Gasteiger partial charge < -0.3 is 14.4 Å². The Hall–Kier alpha value is -0.870. The molecule has 1 unspecified atom stereocenters. The highest BCUT2D eigenvalue weighted by atomic mass is 16.5. The molecule has 0 saturated heterocycles. The fourth-order valence-corrected chi connectivity index (χ4v) is 0.931. The van der Waals surface area contributed by atoms with Crippen LogP contribution in [0.4, 0.5) is 0 Å². The minimum Gasteiger partial charge on any atom is -0.383 e. The normalized spacial score (nSPS) is 13.4. The number of imidazole rings is 1. The van der Waals surface area contributed by atoms with Gasteiger partial charge in [0.25, 0.3) is 0 Å². The number of aryl methyl sites for hydroxylation is 1. The van der Waals surface area contributed by atoms with Crippen molar-refractivity contribution in [3.05, 3.63) is 18.2 Å². The van der Waals surface area contributed by atoms with E-state index in [9.17, 15) is 5.11 Å². The Bertz CT molecular complexity index is 222. The maximum atomic E-state index is 9.38. The molecular weight excluding hydrogens is 144 g/mol. The first-order valence-corrected chi connectivity index (χ1v) is 3.40. The highest BCUT2D eigenvalue weighted by Gasteiger charge is 2.10. The van der Waals surface area contributed by atoms with E-state index in [0.717, 1.165) is 0 Å². The molecule has 0 amide bonds. The van der Waals surface area contributed by atoms with E-state index < -0.39 is 6.10 Å². The van der Waals surface area contributed by atoms with Crippen molar-refractivity contribution >= 4 is 0 Å². The number of aliphatic hydroxyl groups is 1. The lowest BCUT2D eigenvalue weighted by Gasteiger charge is -2.08. The van der Waals surface area contributed by atoms with Crippen molar-refractivity contribution in [2.45, 2.75) is 6.10 Å². The second-order valence-electron chi connectivity index (χ2n) is 2.37. The molecule has 1 atom stereocenters. The number of methoxy groups -OCH3 is 1. The third kappa shape index (κ3) is 1.78. The Kier molecular flexibility index (Phi) is 2.62. The van der Waals surface area contributed by atoms with Gasteiger partial charge in [-0.15, -0.1) is 0 Å². The first-order valence-electron chi connectivity index (χ1n) is 3.40. The summed E-state index contributed by atoms with van der Waals surface area (Å²) in [6, 6.07) is 0. The molecule has 0 aliphatic rings. The lowest BCUT2D eigenvalue weighted by Crippen LogP contribution is -2.10. The van der Waals surface area contributed by atoms with Crippen molar-refractivity contribution in [2.75, 3.05) is 13.7 Å². The molecule has 1 aromatic heterocycles. The Labute approximate surface area is 65.4 Å². The number of hydrogen-bond acceptors (Lipinski definition) is 3. The minimum atomic E-state index is -0.625. The summed E-state index contributed by atoms with van der Waals surface area (Å²) >= 11 is 0. The van der Waals surface area contributed by atoms with Crippen molar-refractivity contribution in [3.8, 4) is 0 Å². The van der Waals surface area contributed by atoms with Gasteiger partial charge in [0.05, 0.1) is 6.61 Å². The maximum absolute atomic E-state index is 9.38. The molecule has 0 bridgehead atoms. The fourth-order valence-electron chi connectivity index (χ4n) is 0.931. The van der Waals surface area contributed by atoms with Gasteiger partial charge in [-0.05, 0) is 0 Å². The Morgan fingerprint density at radius 3 is 3.00 bits per heavy atom. The van der Waals surface area contributed by atoms with E-state index in [1.54, 1.807) is 24.1 Å². The molecule has 4 heteroatoms. The van der Waals surface area contributed by atoms with Crippen LogP contribution in [0.25, 0.3) is 0 Å². The number of aliphatic hydroxyl groups excluding tert-OH is 1. The molecule has 0 aliphatic carbocycles. The van der Waals surface area contributed by atoms with E-state index in [1.165, 1.54) is 0 Å². The van der Waals surface area contributed by atoms with Gasteiger partial charge in [0.2, 0.25) is 0 Å². The van der Waals surface area contributed by atoms with E-state index >= 15 is 0 Å². The number of aromatic nitrogens is 2. The zero-order valence-electron chi connectivity index (χ0n) is 6.69. The predicted molar refractivity (Wildman–Crippen MR) is 40.0 cm³/mol. The number of rotatable bonds is 3. The van der Waals surface area contributed by atoms with Gasteiger partial charge in [0.15, 0.2) is 0 Å². The summed E-state index contributed by atoms with van der Waals surface area (Å²) in [5.74, 6) is 0.631. The Morgan fingerprint density at radius 2 is 2.55 bits per heavy atom. The summed E-state index contributed by atoms with van der Waals surface area (Å²) in [6.45, 7) is 0.283. The van der Waals surface area contributed by atoms with Crippen molar-refractivity contribution in [1.29, 1.82) is 0 Å². The van der Waals surface area contributed by atoms with Gasteiger partial charge in [0.1, 0.15) is 11.9 Å². The molecule has 62 valence electrons. The van der Waals surface area contributed by atoms with Crippen molar-refractivity contribution < 1.29 is 9.84 Å². The number of ether oxygens (including phenoxy) is 1. The first kappa shape index (κ1) is 8.23. The number of hydrogen-bond donors (Lipinski definition) is 1. The van der Waals surface area contributed by atoms with E-state index in [1.807, 2.05) is 7.05 Å². The predicted octanol–water partition coefficient (Wildman–Crippen LogP) is 0.0999. The topological polar surface area (TPSA) is 47.3 Å². The van der Waals surface area contributed by atoms with Gasteiger partial charge in [-0.3, -0.25) is 0 Å². The van der Waals surface area contributed by atoms with Gasteiger partial charge >= 0.3 is 0 Å². The molecule has 0 fully saturated rings. The lowest BCUT2D eigenvalue weighted by molar-refractivity contribution is 0.0571. The SMILES string of the molecule is COCC(O)c1nccn1C. The summed E-state index contributed by atoms with van der Waals surface area (Å²) in [5, 5.41) is 9.38. The average Bonchev–Trinajstić information content (AvgIpc) is 2.36. The smallest absolute Gasteiger partial charge is 0.139 e. The zero-order chi connectivity index (χ0) is 8.27. The van der Waals surface area contributed by atoms with Crippen LogP contribution in [-0.4, -0.2) is 28.4 Å². The minimum absolute atomic E-state index is 0.283. The van der Waals surface area contributed by atoms with Crippen LogP contribution in [0.2, 0.25) is 0 Å². The highest BCUT2D eigenvalue weighted by molar-refractivity contribution is 4.95. The second kappa shape index (κ2) is 3.50. The van der Waals surface area contributed by atoms with Crippen molar-refractivity contribution in [3.63, 3.8) is 0 Å². The molecule has 0 radical (unpaired) electrons. The van der Waals surface area contributed by atoms with E-state index in [-0.39, 0.29) is 6.61 Å². The largest absolute Gasteiger partial charge is 0.383 e. The number of nitrogens with zero attached hydrogens (tertiary/aromatic N) is 2.